The first-order valence-corrected chi connectivity index (χ1v) is 9.97. The highest BCUT2D eigenvalue weighted by Crippen LogP contribution is 2.31. The smallest absolute Gasteiger partial charge is 0.229 e. The molecule has 0 aliphatic carbocycles. The summed E-state index contributed by atoms with van der Waals surface area (Å²) in [5, 5.41) is 11.4. The van der Waals surface area contributed by atoms with Gasteiger partial charge in [-0.3, -0.25) is 9.48 Å². The summed E-state index contributed by atoms with van der Waals surface area (Å²) in [6.07, 6.45) is 7.29. The Kier molecular flexibility index (Phi) is 5.40. The summed E-state index contributed by atoms with van der Waals surface area (Å²) in [7, 11) is 1.89. The van der Waals surface area contributed by atoms with E-state index in [0.717, 1.165) is 28.3 Å². The van der Waals surface area contributed by atoms with Crippen molar-refractivity contribution >= 4 is 23.4 Å². The van der Waals surface area contributed by atoms with Gasteiger partial charge in [0.05, 0.1) is 12.1 Å². The Labute approximate surface area is 168 Å². The van der Waals surface area contributed by atoms with Crippen molar-refractivity contribution in [1.29, 1.82) is 0 Å². The highest BCUT2D eigenvalue weighted by Gasteiger charge is 2.34. The molecule has 2 aromatic heterocycles. The van der Waals surface area contributed by atoms with E-state index in [1.54, 1.807) is 23.1 Å². The predicted molar refractivity (Wildman–Crippen MR) is 108 cm³/mol. The lowest BCUT2D eigenvalue weighted by Crippen LogP contribution is -2.28. The van der Waals surface area contributed by atoms with Crippen molar-refractivity contribution in [1.82, 2.24) is 25.1 Å². The quantitative estimate of drug-likeness (QED) is 0.647. The zero-order valence-corrected chi connectivity index (χ0v) is 16.6. The van der Waals surface area contributed by atoms with E-state index in [4.69, 9.17) is 0 Å². The van der Waals surface area contributed by atoms with Gasteiger partial charge in [0.15, 0.2) is 5.16 Å². The second kappa shape index (κ2) is 8.12. The molecule has 1 aliphatic rings. The molecule has 1 amide bonds. The van der Waals surface area contributed by atoms with Crippen LogP contribution in [0.4, 0.5) is 5.69 Å². The van der Waals surface area contributed by atoms with Crippen LogP contribution in [0.5, 0.6) is 0 Å². The molecule has 1 fully saturated rings. The van der Waals surface area contributed by atoms with Crippen molar-refractivity contribution in [2.75, 3.05) is 18.4 Å². The van der Waals surface area contributed by atoms with Crippen molar-refractivity contribution in [3.63, 3.8) is 0 Å². The Hall–Kier alpha value is -2.71. The van der Waals surface area contributed by atoms with Gasteiger partial charge in [-0.1, -0.05) is 0 Å². The molecule has 1 aromatic carbocycles. The minimum Gasteiger partial charge on any atom is -0.326 e. The predicted octanol–water partition coefficient (Wildman–Crippen LogP) is 2.61. The zero-order chi connectivity index (χ0) is 19.5. The third-order valence-corrected chi connectivity index (χ3v) is 5.79. The van der Waals surface area contributed by atoms with Gasteiger partial charge in [0.1, 0.15) is 0 Å². The van der Waals surface area contributed by atoms with Crippen LogP contribution in [0.2, 0.25) is 0 Å². The molecular weight excluding hydrogens is 372 g/mol. The molecule has 1 aliphatic heterocycles. The molecular formula is C20H22N6OS. The number of hydrogen-bond acceptors (Lipinski definition) is 6. The monoisotopic (exact) mass is 394 g/mol. The lowest BCUT2D eigenvalue weighted by Gasteiger charge is -2.18. The molecule has 0 bridgehead atoms. The van der Waals surface area contributed by atoms with Crippen molar-refractivity contribution < 1.29 is 4.79 Å². The lowest BCUT2D eigenvalue weighted by molar-refractivity contribution is -0.119. The van der Waals surface area contributed by atoms with Gasteiger partial charge in [-0.25, -0.2) is 9.97 Å². The first-order valence-electron chi connectivity index (χ1n) is 9.16. The highest BCUT2D eigenvalue weighted by molar-refractivity contribution is 7.99. The lowest BCUT2D eigenvalue weighted by atomic mass is 9.90. The van der Waals surface area contributed by atoms with Gasteiger partial charge in [-0.15, -0.1) is 0 Å². The second-order valence-corrected chi connectivity index (χ2v) is 7.96. The number of nitrogens with one attached hydrogen (secondary N) is 2. The van der Waals surface area contributed by atoms with Crippen LogP contribution in [0, 0.1) is 12.8 Å². The number of aromatic nitrogens is 4. The fourth-order valence-corrected chi connectivity index (χ4v) is 4.25. The average molecular weight is 395 g/mol. The number of nitrogens with zero attached hydrogens (tertiary/aromatic N) is 4. The summed E-state index contributed by atoms with van der Waals surface area (Å²) in [4.78, 5) is 22.4. The number of hydrogen-bond donors (Lipinski definition) is 2. The normalized spacial score (nSPS) is 18.9. The molecule has 4 rings (SSSR count). The fourth-order valence-electron chi connectivity index (χ4n) is 3.44. The number of anilines is 1. The van der Waals surface area contributed by atoms with Gasteiger partial charge < -0.3 is 10.6 Å². The summed E-state index contributed by atoms with van der Waals surface area (Å²) in [5.41, 5.74) is 2.94. The van der Waals surface area contributed by atoms with Crippen LogP contribution in [-0.4, -0.2) is 38.7 Å². The highest BCUT2D eigenvalue weighted by atomic mass is 32.2. The van der Waals surface area contributed by atoms with E-state index in [1.165, 1.54) is 11.8 Å². The minimum absolute atomic E-state index is 0.0359. The van der Waals surface area contributed by atoms with E-state index >= 15 is 0 Å². The largest absolute Gasteiger partial charge is 0.326 e. The first kappa shape index (κ1) is 18.6. The van der Waals surface area contributed by atoms with Gasteiger partial charge in [0, 0.05) is 55.2 Å². The van der Waals surface area contributed by atoms with Crippen LogP contribution in [-0.2, 0) is 11.8 Å². The number of carbonyl (C=O) groups is 1. The van der Waals surface area contributed by atoms with Crippen LogP contribution in [0.15, 0.2) is 59.1 Å². The van der Waals surface area contributed by atoms with Crippen LogP contribution in [0.25, 0.3) is 0 Å². The van der Waals surface area contributed by atoms with Gasteiger partial charge in [-0.05, 0) is 54.1 Å². The summed E-state index contributed by atoms with van der Waals surface area (Å²) in [6.45, 7) is 3.45. The van der Waals surface area contributed by atoms with Crippen LogP contribution in [0.3, 0.4) is 0 Å². The minimum atomic E-state index is -0.115. The van der Waals surface area contributed by atoms with Crippen LogP contribution >= 0.6 is 11.8 Å². The molecule has 7 nitrogen and oxygen atoms in total. The summed E-state index contributed by atoms with van der Waals surface area (Å²) < 4.78 is 1.78. The van der Waals surface area contributed by atoms with Gasteiger partial charge in [-0.2, -0.15) is 5.10 Å². The molecule has 144 valence electrons. The molecule has 0 spiro atoms. The van der Waals surface area contributed by atoms with Crippen molar-refractivity contribution in [3.8, 4) is 0 Å². The maximum atomic E-state index is 12.9. The molecule has 0 radical (unpaired) electrons. The molecule has 3 aromatic rings. The number of rotatable bonds is 5. The van der Waals surface area contributed by atoms with E-state index in [1.807, 2.05) is 44.6 Å². The number of benzene rings is 1. The maximum Gasteiger partial charge on any atom is 0.229 e. The summed E-state index contributed by atoms with van der Waals surface area (Å²) in [6, 6.07) is 7.77. The number of carbonyl (C=O) groups excluding carboxylic acids is 1. The fraction of sp³-hybridized carbons (Fsp3) is 0.300. The third-order valence-electron chi connectivity index (χ3n) is 4.91. The van der Waals surface area contributed by atoms with E-state index in [2.05, 4.69) is 25.7 Å². The van der Waals surface area contributed by atoms with Crippen LogP contribution in [0.1, 0.15) is 17.0 Å². The second-order valence-electron chi connectivity index (χ2n) is 6.92. The average Bonchev–Trinajstić information content (AvgIpc) is 3.33. The van der Waals surface area contributed by atoms with Gasteiger partial charge >= 0.3 is 0 Å². The first-order chi connectivity index (χ1) is 13.6. The number of amides is 1. The molecule has 1 saturated heterocycles. The Morgan fingerprint density at radius 2 is 2.11 bits per heavy atom. The number of aryl methyl sites for hydroxylation is 2. The standard InChI is InChI=1S/C20H22N6OS/c1-13-8-15(28-20-22-6-3-7-23-20)4-5-18(13)25-19(27)17-11-21-10-16(17)14-9-24-26(2)12-14/h3-9,12,16-17,21H,10-11H2,1-2H3,(H,25,27)/t16-,17+/m1/s1. The van der Waals surface area contributed by atoms with E-state index < -0.39 is 0 Å². The Morgan fingerprint density at radius 1 is 1.29 bits per heavy atom. The van der Waals surface area contributed by atoms with Crippen molar-refractivity contribution in [2.45, 2.75) is 22.9 Å². The summed E-state index contributed by atoms with van der Waals surface area (Å²) in [5.74, 6) is 0.0585. The van der Waals surface area contributed by atoms with Crippen molar-refractivity contribution in [2.24, 2.45) is 13.0 Å². The van der Waals surface area contributed by atoms with Gasteiger partial charge in [0.2, 0.25) is 5.91 Å². The Bertz CT molecular complexity index is 974. The molecule has 8 heteroatoms. The zero-order valence-electron chi connectivity index (χ0n) is 15.8. The van der Waals surface area contributed by atoms with E-state index in [0.29, 0.717) is 11.7 Å². The Morgan fingerprint density at radius 3 is 2.82 bits per heavy atom. The summed E-state index contributed by atoms with van der Waals surface area (Å²) >= 11 is 1.50. The topological polar surface area (TPSA) is 84.7 Å². The van der Waals surface area contributed by atoms with E-state index in [-0.39, 0.29) is 17.7 Å². The van der Waals surface area contributed by atoms with Crippen molar-refractivity contribution in [3.05, 3.63) is 60.2 Å². The molecule has 0 saturated carbocycles. The Balaban J connectivity index is 1.45. The molecule has 2 N–H and O–H groups in total. The molecule has 28 heavy (non-hydrogen) atoms. The SMILES string of the molecule is Cc1cc(Sc2ncccn2)ccc1NC(=O)[C@H]1CNC[C@@H]1c1cnn(C)c1. The maximum absolute atomic E-state index is 12.9. The molecule has 2 atom stereocenters. The molecule has 3 heterocycles. The van der Waals surface area contributed by atoms with Gasteiger partial charge in [0.25, 0.3) is 0 Å². The molecule has 0 unspecified atom stereocenters. The van der Waals surface area contributed by atoms with Crippen LogP contribution < -0.4 is 10.6 Å². The third kappa shape index (κ3) is 4.07. The van der Waals surface area contributed by atoms with E-state index in [9.17, 15) is 4.79 Å².